The fourth-order valence-electron chi connectivity index (χ4n) is 1.33. The summed E-state index contributed by atoms with van der Waals surface area (Å²) >= 11 is 2.58. The third kappa shape index (κ3) is 6.22. The van der Waals surface area contributed by atoms with Gasteiger partial charge in [0.25, 0.3) is 0 Å². The second-order valence-corrected chi connectivity index (χ2v) is 6.42. The lowest BCUT2D eigenvalue weighted by Crippen LogP contribution is -2.32. The van der Waals surface area contributed by atoms with Gasteiger partial charge in [0, 0.05) is 19.1 Å². The van der Waals surface area contributed by atoms with Crippen LogP contribution in [0.1, 0.15) is 20.3 Å². The van der Waals surface area contributed by atoms with Crippen molar-refractivity contribution < 1.29 is 9.90 Å². The molecule has 0 aromatic carbocycles. The van der Waals surface area contributed by atoms with Gasteiger partial charge in [-0.1, -0.05) is 30.0 Å². The van der Waals surface area contributed by atoms with Crippen molar-refractivity contribution in [2.45, 2.75) is 30.6 Å². The maximum atomic E-state index is 10.4. The predicted octanol–water partition coefficient (Wildman–Crippen LogP) is 1.86. The van der Waals surface area contributed by atoms with Crippen LogP contribution in [0.15, 0.2) is 4.34 Å². The van der Waals surface area contributed by atoms with Crippen molar-refractivity contribution in [2.75, 3.05) is 31.2 Å². The van der Waals surface area contributed by atoms with E-state index in [1.807, 2.05) is 0 Å². The molecule has 1 rings (SSSR count). The molecule has 19 heavy (non-hydrogen) atoms. The number of hydrogen-bond donors (Lipinski definition) is 2. The topological polar surface area (TPSA) is 78.3 Å². The zero-order valence-electron chi connectivity index (χ0n) is 11.4. The van der Waals surface area contributed by atoms with Gasteiger partial charge in [0.05, 0.1) is 5.75 Å². The number of thioether (sulfide) groups is 1. The molecule has 6 nitrogen and oxygen atoms in total. The number of anilines is 1. The van der Waals surface area contributed by atoms with Crippen LogP contribution >= 0.6 is 23.1 Å². The monoisotopic (exact) mass is 304 g/mol. The first-order chi connectivity index (χ1) is 9.02. The Labute approximate surface area is 121 Å². The molecule has 108 valence electrons. The van der Waals surface area contributed by atoms with E-state index in [1.54, 1.807) is 0 Å². The number of rotatable bonds is 9. The molecular weight excluding hydrogens is 284 g/mol. The summed E-state index contributed by atoms with van der Waals surface area (Å²) in [4.78, 5) is 12.7. The SMILES string of the molecule is CCC(C)N(C)CCNc1nnc(SCC(=O)O)s1. The Kier molecular flexibility index (Phi) is 7.11. The Morgan fingerprint density at radius 1 is 1.58 bits per heavy atom. The lowest BCUT2D eigenvalue weighted by molar-refractivity contribution is -0.133. The smallest absolute Gasteiger partial charge is 0.313 e. The molecule has 1 aromatic heterocycles. The van der Waals surface area contributed by atoms with E-state index in [0.29, 0.717) is 10.4 Å². The molecule has 1 atom stereocenters. The van der Waals surface area contributed by atoms with Gasteiger partial charge >= 0.3 is 5.97 Å². The summed E-state index contributed by atoms with van der Waals surface area (Å²) < 4.78 is 0.681. The number of nitrogens with one attached hydrogen (secondary N) is 1. The van der Waals surface area contributed by atoms with E-state index in [9.17, 15) is 4.79 Å². The summed E-state index contributed by atoms with van der Waals surface area (Å²) in [6, 6.07) is 0.568. The second-order valence-electron chi connectivity index (χ2n) is 4.22. The minimum atomic E-state index is -0.843. The third-order valence-corrected chi connectivity index (χ3v) is 4.81. The second kappa shape index (κ2) is 8.34. The number of carbonyl (C=O) groups is 1. The molecule has 1 heterocycles. The van der Waals surface area contributed by atoms with Crippen LogP contribution in [0, 0.1) is 0 Å². The molecule has 0 fully saturated rings. The molecule has 0 aliphatic rings. The van der Waals surface area contributed by atoms with E-state index < -0.39 is 5.97 Å². The highest BCUT2D eigenvalue weighted by molar-refractivity contribution is 8.01. The molecule has 2 N–H and O–H groups in total. The van der Waals surface area contributed by atoms with Crippen molar-refractivity contribution in [1.29, 1.82) is 0 Å². The first-order valence-corrected chi connectivity index (χ1v) is 7.95. The average Bonchev–Trinajstić information content (AvgIpc) is 2.83. The van der Waals surface area contributed by atoms with E-state index in [0.717, 1.165) is 24.6 Å². The summed E-state index contributed by atoms with van der Waals surface area (Å²) in [5, 5.41) is 20.4. The van der Waals surface area contributed by atoms with Gasteiger partial charge in [0.2, 0.25) is 5.13 Å². The molecule has 0 saturated heterocycles. The molecule has 1 aromatic rings. The zero-order valence-corrected chi connectivity index (χ0v) is 13.1. The van der Waals surface area contributed by atoms with E-state index in [-0.39, 0.29) is 5.75 Å². The van der Waals surface area contributed by atoms with Crippen LogP contribution in [-0.2, 0) is 4.79 Å². The first kappa shape index (κ1) is 16.2. The molecule has 1 unspecified atom stereocenters. The summed E-state index contributed by atoms with van der Waals surface area (Å²) in [6.07, 6.45) is 1.13. The van der Waals surface area contributed by atoms with Crippen LogP contribution in [-0.4, -0.2) is 58.1 Å². The fourth-order valence-corrected chi connectivity index (χ4v) is 2.83. The van der Waals surface area contributed by atoms with Gasteiger partial charge in [0.1, 0.15) is 0 Å². The Balaban J connectivity index is 2.28. The molecule has 0 bridgehead atoms. The third-order valence-electron chi connectivity index (χ3n) is 2.81. The lowest BCUT2D eigenvalue weighted by atomic mass is 10.2. The van der Waals surface area contributed by atoms with Crippen molar-refractivity contribution in [3.05, 3.63) is 0 Å². The van der Waals surface area contributed by atoms with Crippen LogP contribution < -0.4 is 5.32 Å². The van der Waals surface area contributed by atoms with Gasteiger partial charge in [-0.3, -0.25) is 4.79 Å². The Bertz CT molecular complexity index is 400. The van der Waals surface area contributed by atoms with Gasteiger partial charge in [-0.05, 0) is 20.4 Å². The number of carboxylic acid groups (broad SMARTS) is 1. The van der Waals surface area contributed by atoms with Gasteiger partial charge in [-0.2, -0.15) is 0 Å². The standard InChI is InChI=1S/C11H20N4O2S2/c1-4-8(2)15(3)6-5-12-10-13-14-11(19-10)18-7-9(16)17/h8H,4-7H2,1-3H3,(H,12,13)(H,16,17). The summed E-state index contributed by atoms with van der Waals surface area (Å²) in [5.41, 5.74) is 0. The number of likely N-dealkylation sites (N-methyl/N-ethyl adjacent to an activating group) is 1. The molecule has 0 aliphatic heterocycles. The molecular formula is C11H20N4O2S2. The number of carboxylic acids is 1. The summed E-state index contributed by atoms with van der Waals surface area (Å²) in [5.74, 6) is -0.823. The molecule has 0 radical (unpaired) electrons. The van der Waals surface area contributed by atoms with E-state index in [4.69, 9.17) is 5.11 Å². The fraction of sp³-hybridized carbons (Fsp3) is 0.727. The van der Waals surface area contributed by atoms with Crippen molar-refractivity contribution in [3.63, 3.8) is 0 Å². The highest BCUT2D eigenvalue weighted by Crippen LogP contribution is 2.24. The van der Waals surface area contributed by atoms with Crippen LogP contribution in [0.2, 0.25) is 0 Å². The molecule has 0 spiro atoms. The van der Waals surface area contributed by atoms with E-state index in [2.05, 4.69) is 41.3 Å². The number of aromatic nitrogens is 2. The molecule has 8 heteroatoms. The Morgan fingerprint density at radius 3 is 2.95 bits per heavy atom. The largest absolute Gasteiger partial charge is 0.481 e. The molecule has 0 amide bonds. The van der Waals surface area contributed by atoms with Gasteiger partial charge in [-0.25, -0.2) is 0 Å². The number of aliphatic carboxylic acids is 1. The van der Waals surface area contributed by atoms with Crippen molar-refractivity contribution in [2.24, 2.45) is 0 Å². The van der Waals surface area contributed by atoms with Crippen LogP contribution in [0.5, 0.6) is 0 Å². The minimum Gasteiger partial charge on any atom is -0.481 e. The normalized spacial score (nSPS) is 12.6. The first-order valence-electron chi connectivity index (χ1n) is 6.15. The highest BCUT2D eigenvalue weighted by atomic mass is 32.2. The average molecular weight is 304 g/mol. The number of nitrogens with zero attached hydrogens (tertiary/aromatic N) is 3. The van der Waals surface area contributed by atoms with Crippen molar-refractivity contribution >= 4 is 34.2 Å². The van der Waals surface area contributed by atoms with Crippen LogP contribution in [0.3, 0.4) is 0 Å². The highest BCUT2D eigenvalue weighted by Gasteiger charge is 2.08. The van der Waals surface area contributed by atoms with E-state index >= 15 is 0 Å². The van der Waals surface area contributed by atoms with Crippen molar-refractivity contribution in [1.82, 2.24) is 15.1 Å². The van der Waals surface area contributed by atoms with Gasteiger partial charge in [0.15, 0.2) is 4.34 Å². The molecule has 0 aliphatic carbocycles. The van der Waals surface area contributed by atoms with Gasteiger partial charge in [-0.15, -0.1) is 10.2 Å². The Hall–Kier alpha value is -0.860. The maximum Gasteiger partial charge on any atom is 0.313 e. The van der Waals surface area contributed by atoms with E-state index in [1.165, 1.54) is 23.1 Å². The lowest BCUT2D eigenvalue weighted by Gasteiger charge is -2.23. The number of hydrogen-bond acceptors (Lipinski definition) is 7. The predicted molar refractivity (Wildman–Crippen MR) is 79.1 cm³/mol. The van der Waals surface area contributed by atoms with Gasteiger partial charge < -0.3 is 15.3 Å². The summed E-state index contributed by atoms with van der Waals surface area (Å²) in [7, 11) is 2.10. The quantitative estimate of drug-likeness (QED) is 0.674. The van der Waals surface area contributed by atoms with Crippen LogP contribution in [0.4, 0.5) is 5.13 Å². The Morgan fingerprint density at radius 2 is 2.32 bits per heavy atom. The molecule has 0 saturated carbocycles. The van der Waals surface area contributed by atoms with Crippen molar-refractivity contribution in [3.8, 4) is 0 Å². The zero-order chi connectivity index (χ0) is 14.3. The summed E-state index contributed by atoms with van der Waals surface area (Å²) in [6.45, 7) is 6.11. The van der Waals surface area contributed by atoms with Crippen LogP contribution in [0.25, 0.3) is 0 Å². The minimum absolute atomic E-state index is 0.0192. The maximum absolute atomic E-state index is 10.4.